The Labute approximate surface area is 186 Å². The second-order valence-corrected chi connectivity index (χ2v) is 7.54. The van der Waals surface area contributed by atoms with E-state index in [4.69, 9.17) is 21.7 Å². The summed E-state index contributed by atoms with van der Waals surface area (Å²) in [4.78, 5) is 18.4. The first kappa shape index (κ1) is 20.9. The molecule has 1 saturated heterocycles. The number of thiocarbonyl (C=S) groups is 1. The lowest BCUT2D eigenvalue weighted by Gasteiger charge is -2.28. The minimum Gasteiger partial charge on any atom is -0.497 e. The van der Waals surface area contributed by atoms with Gasteiger partial charge in [-0.25, -0.2) is 0 Å². The van der Waals surface area contributed by atoms with E-state index in [1.165, 1.54) is 7.11 Å². The van der Waals surface area contributed by atoms with E-state index in [-0.39, 0.29) is 24.5 Å². The number of hydrogen-bond acceptors (Lipinski definition) is 5. The van der Waals surface area contributed by atoms with Crippen molar-refractivity contribution in [1.29, 1.82) is 0 Å². The SMILES string of the molecule is COC(=O)CCN1C(=S)NC(c2ccccn2)C1c1cccn1-c1cccc(OC)c1. The molecule has 1 aliphatic heterocycles. The Morgan fingerprint density at radius 2 is 2.03 bits per heavy atom. The molecule has 1 fully saturated rings. The fourth-order valence-electron chi connectivity index (χ4n) is 3.91. The summed E-state index contributed by atoms with van der Waals surface area (Å²) in [5.74, 6) is 0.507. The van der Waals surface area contributed by atoms with Gasteiger partial charge in [0.2, 0.25) is 0 Å². The van der Waals surface area contributed by atoms with Crippen molar-refractivity contribution >= 4 is 23.3 Å². The van der Waals surface area contributed by atoms with Crippen molar-refractivity contribution in [3.8, 4) is 11.4 Å². The van der Waals surface area contributed by atoms with Crippen LogP contribution in [0.1, 0.15) is 29.9 Å². The summed E-state index contributed by atoms with van der Waals surface area (Å²) in [5, 5.41) is 3.99. The van der Waals surface area contributed by atoms with Crippen LogP contribution in [0.3, 0.4) is 0 Å². The second-order valence-electron chi connectivity index (χ2n) is 7.15. The standard InChI is InChI=1S/C23H24N4O3S/c1-29-17-8-5-7-16(15-17)26-13-6-10-19(26)22-21(18-9-3-4-12-24-18)25-23(31)27(22)14-11-20(28)30-2/h3-10,12-13,15,21-22H,11,14H2,1-2H3,(H,25,31). The fourth-order valence-corrected chi connectivity index (χ4v) is 4.24. The van der Waals surface area contributed by atoms with E-state index in [2.05, 4.69) is 20.9 Å². The van der Waals surface area contributed by atoms with Gasteiger partial charge in [0.1, 0.15) is 5.75 Å². The number of carbonyl (C=O) groups excluding carboxylic acids is 1. The largest absolute Gasteiger partial charge is 0.497 e. The molecule has 1 aromatic carbocycles. The van der Waals surface area contributed by atoms with E-state index >= 15 is 0 Å². The molecule has 2 aromatic heterocycles. The highest BCUT2D eigenvalue weighted by molar-refractivity contribution is 7.80. The predicted molar refractivity (Wildman–Crippen MR) is 121 cm³/mol. The topological polar surface area (TPSA) is 68.6 Å². The number of nitrogens with one attached hydrogen (secondary N) is 1. The Bertz CT molecular complexity index is 1070. The number of esters is 1. The van der Waals surface area contributed by atoms with E-state index in [1.807, 2.05) is 59.6 Å². The molecule has 3 aromatic rings. The normalized spacial score (nSPS) is 18.0. The van der Waals surface area contributed by atoms with E-state index in [9.17, 15) is 4.79 Å². The van der Waals surface area contributed by atoms with Crippen molar-refractivity contribution in [1.82, 2.24) is 19.8 Å². The molecule has 0 aliphatic carbocycles. The summed E-state index contributed by atoms with van der Waals surface area (Å²) in [6.45, 7) is 0.440. The number of nitrogens with zero attached hydrogens (tertiary/aromatic N) is 3. The van der Waals surface area contributed by atoms with Gasteiger partial charge in [0, 0.05) is 36.4 Å². The number of aromatic nitrogens is 2. The molecule has 2 unspecified atom stereocenters. The summed E-state index contributed by atoms with van der Waals surface area (Å²) in [7, 11) is 3.05. The third-order valence-electron chi connectivity index (χ3n) is 5.40. The van der Waals surface area contributed by atoms with Gasteiger partial charge in [0.25, 0.3) is 0 Å². The molecule has 160 valence electrons. The lowest BCUT2D eigenvalue weighted by Crippen LogP contribution is -2.32. The molecule has 0 bridgehead atoms. The quantitative estimate of drug-likeness (QED) is 0.450. The van der Waals surface area contributed by atoms with Gasteiger partial charge in [-0.2, -0.15) is 0 Å². The van der Waals surface area contributed by atoms with Crippen LogP contribution in [0, 0.1) is 0 Å². The van der Waals surface area contributed by atoms with Gasteiger partial charge in [0.15, 0.2) is 5.11 Å². The molecule has 0 amide bonds. The molecule has 0 radical (unpaired) electrons. The molecule has 1 aliphatic rings. The molecular weight excluding hydrogens is 412 g/mol. The number of methoxy groups -OCH3 is 2. The van der Waals surface area contributed by atoms with Gasteiger partial charge in [-0.3, -0.25) is 9.78 Å². The molecule has 1 N–H and O–H groups in total. The Morgan fingerprint density at radius 3 is 2.77 bits per heavy atom. The van der Waals surface area contributed by atoms with Crippen LogP contribution in [-0.2, 0) is 9.53 Å². The van der Waals surface area contributed by atoms with Gasteiger partial charge < -0.3 is 24.3 Å². The van der Waals surface area contributed by atoms with E-state index in [0.29, 0.717) is 11.7 Å². The van der Waals surface area contributed by atoms with Crippen LogP contribution < -0.4 is 10.1 Å². The van der Waals surface area contributed by atoms with Crippen LogP contribution in [0.4, 0.5) is 0 Å². The molecule has 8 heteroatoms. The first-order valence-corrected chi connectivity index (χ1v) is 10.4. The summed E-state index contributed by atoms with van der Waals surface area (Å²) < 4.78 is 12.4. The zero-order chi connectivity index (χ0) is 21.8. The highest BCUT2D eigenvalue weighted by Gasteiger charge is 2.41. The fraction of sp³-hybridized carbons (Fsp3) is 0.261. The second kappa shape index (κ2) is 9.18. The summed E-state index contributed by atoms with van der Waals surface area (Å²) >= 11 is 5.66. The monoisotopic (exact) mass is 436 g/mol. The van der Waals surface area contributed by atoms with Gasteiger partial charge in [-0.05, 0) is 48.6 Å². The van der Waals surface area contributed by atoms with Gasteiger partial charge >= 0.3 is 5.97 Å². The predicted octanol–water partition coefficient (Wildman–Crippen LogP) is 3.42. The summed E-state index contributed by atoms with van der Waals surface area (Å²) in [5.41, 5.74) is 2.89. The first-order valence-electron chi connectivity index (χ1n) is 9.99. The van der Waals surface area contributed by atoms with Gasteiger partial charge in [0.05, 0.1) is 38.4 Å². The maximum Gasteiger partial charge on any atom is 0.307 e. The number of benzene rings is 1. The van der Waals surface area contributed by atoms with Gasteiger partial charge in [-0.1, -0.05) is 12.1 Å². The maximum atomic E-state index is 11.8. The average molecular weight is 437 g/mol. The smallest absolute Gasteiger partial charge is 0.307 e. The number of carbonyl (C=O) groups is 1. The van der Waals surface area contributed by atoms with E-state index < -0.39 is 0 Å². The molecular formula is C23H24N4O3S. The Hall–Kier alpha value is -3.39. The van der Waals surface area contributed by atoms with Crippen molar-refractivity contribution in [3.63, 3.8) is 0 Å². The lowest BCUT2D eigenvalue weighted by atomic mass is 10.0. The highest BCUT2D eigenvalue weighted by Crippen LogP contribution is 2.39. The van der Waals surface area contributed by atoms with Crippen LogP contribution in [-0.4, -0.2) is 46.3 Å². The third kappa shape index (κ3) is 4.25. The highest BCUT2D eigenvalue weighted by atomic mass is 32.1. The minimum atomic E-state index is -0.272. The van der Waals surface area contributed by atoms with Crippen LogP contribution >= 0.6 is 12.2 Å². The van der Waals surface area contributed by atoms with Crippen molar-refractivity contribution in [2.24, 2.45) is 0 Å². The Morgan fingerprint density at radius 1 is 1.16 bits per heavy atom. The molecule has 0 saturated carbocycles. The molecule has 0 spiro atoms. The zero-order valence-corrected chi connectivity index (χ0v) is 18.2. The van der Waals surface area contributed by atoms with Crippen molar-refractivity contribution < 1.29 is 14.3 Å². The van der Waals surface area contributed by atoms with Gasteiger partial charge in [-0.15, -0.1) is 0 Å². The molecule has 2 atom stereocenters. The first-order chi connectivity index (χ1) is 15.1. The minimum absolute atomic E-state index is 0.159. The molecule has 4 rings (SSSR count). The zero-order valence-electron chi connectivity index (χ0n) is 17.4. The van der Waals surface area contributed by atoms with E-state index in [1.54, 1.807) is 13.3 Å². The number of rotatable bonds is 7. The number of pyridine rings is 1. The summed E-state index contributed by atoms with van der Waals surface area (Å²) in [6.07, 6.45) is 4.03. The lowest BCUT2D eigenvalue weighted by molar-refractivity contribution is -0.140. The molecule has 31 heavy (non-hydrogen) atoms. The molecule has 7 nitrogen and oxygen atoms in total. The van der Waals surface area contributed by atoms with E-state index in [0.717, 1.165) is 22.8 Å². The maximum absolute atomic E-state index is 11.8. The molecule has 3 heterocycles. The Balaban J connectivity index is 1.76. The number of ether oxygens (including phenoxy) is 2. The Kier molecular flexibility index (Phi) is 6.18. The average Bonchev–Trinajstić information content (AvgIpc) is 3.42. The van der Waals surface area contributed by atoms with Crippen LogP contribution in [0.15, 0.2) is 67.0 Å². The third-order valence-corrected chi connectivity index (χ3v) is 5.75. The van der Waals surface area contributed by atoms with Crippen molar-refractivity contribution in [2.75, 3.05) is 20.8 Å². The number of hydrogen-bond donors (Lipinski definition) is 1. The summed E-state index contributed by atoms with van der Waals surface area (Å²) in [6, 6.07) is 17.5. The van der Waals surface area contributed by atoms with Crippen molar-refractivity contribution in [2.45, 2.75) is 18.5 Å². The van der Waals surface area contributed by atoms with Crippen LogP contribution in [0.25, 0.3) is 5.69 Å². The van der Waals surface area contributed by atoms with Crippen molar-refractivity contribution in [3.05, 3.63) is 78.4 Å². The van der Waals surface area contributed by atoms with Crippen LogP contribution in [0.5, 0.6) is 5.75 Å². The van der Waals surface area contributed by atoms with Crippen LogP contribution in [0.2, 0.25) is 0 Å².